The summed E-state index contributed by atoms with van der Waals surface area (Å²) in [6, 6.07) is 13.0. The molecule has 0 bridgehead atoms. The first-order valence-electron chi connectivity index (χ1n) is 6.16. The third-order valence-corrected chi connectivity index (χ3v) is 3.90. The molecule has 0 atom stereocenters. The fraction of sp³-hybridized carbons (Fsp3) is 0.188. The number of benzene rings is 2. The molecule has 0 radical (unpaired) electrons. The van der Waals surface area contributed by atoms with Crippen LogP contribution >= 0.6 is 23.4 Å². The van der Waals surface area contributed by atoms with E-state index in [0.29, 0.717) is 16.3 Å². The predicted molar refractivity (Wildman–Crippen MR) is 84.2 cm³/mol. The van der Waals surface area contributed by atoms with Crippen LogP contribution in [0.4, 0.5) is 0 Å². The number of ketones is 1. The van der Waals surface area contributed by atoms with Crippen molar-refractivity contribution in [2.24, 2.45) is 0 Å². The molecule has 0 N–H and O–H groups in total. The lowest BCUT2D eigenvalue weighted by atomic mass is 10.1. The zero-order valence-corrected chi connectivity index (χ0v) is 12.9. The van der Waals surface area contributed by atoms with E-state index in [9.17, 15) is 4.79 Å². The SMILES string of the molecule is CSc1ccc(C(=O)COc2ccc(C)cc2Cl)cc1. The zero-order valence-electron chi connectivity index (χ0n) is 11.4. The fourth-order valence-corrected chi connectivity index (χ4v) is 2.42. The molecule has 2 nitrogen and oxygen atoms in total. The predicted octanol–water partition coefficient (Wildman–Crippen LogP) is 4.63. The molecular weight excluding hydrogens is 292 g/mol. The van der Waals surface area contributed by atoms with Gasteiger partial charge in [-0.3, -0.25) is 4.79 Å². The topological polar surface area (TPSA) is 26.3 Å². The van der Waals surface area contributed by atoms with Crippen molar-refractivity contribution >= 4 is 29.1 Å². The van der Waals surface area contributed by atoms with Crippen LogP contribution in [-0.2, 0) is 0 Å². The highest BCUT2D eigenvalue weighted by Crippen LogP contribution is 2.25. The number of aryl methyl sites for hydroxylation is 1. The summed E-state index contributed by atoms with van der Waals surface area (Å²) in [4.78, 5) is 13.1. The maximum atomic E-state index is 12.0. The Morgan fingerprint density at radius 1 is 1.20 bits per heavy atom. The molecule has 0 aliphatic rings. The number of carbonyl (C=O) groups is 1. The van der Waals surface area contributed by atoms with Crippen LogP contribution in [-0.4, -0.2) is 18.6 Å². The standard InChI is InChI=1S/C16H15ClO2S/c1-11-3-8-16(14(17)9-11)19-10-15(18)12-4-6-13(20-2)7-5-12/h3-9H,10H2,1-2H3. The second-order valence-corrected chi connectivity index (χ2v) is 5.66. The normalized spacial score (nSPS) is 10.3. The Morgan fingerprint density at radius 2 is 1.90 bits per heavy atom. The number of hydrogen-bond acceptors (Lipinski definition) is 3. The lowest BCUT2D eigenvalue weighted by Gasteiger charge is -2.08. The number of thioether (sulfide) groups is 1. The van der Waals surface area contributed by atoms with E-state index in [-0.39, 0.29) is 12.4 Å². The first-order chi connectivity index (χ1) is 9.60. The Balaban J connectivity index is 2.00. The van der Waals surface area contributed by atoms with Gasteiger partial charge in [0.1, 0.15) is 5.75 Å². The van der Waals surface area contributed by atoms with Gasteiger partial charge in [0.05, 0.1) is 5.02 Å². The Labute approximate surface area is 128 Å². The number of rotatable bonds is 5. The molecule has 4 heteroatoms. The van der Waals surface area contributed by atoms with Crippen LogP contribution in [0, 0.1) is 6.92 Å². The summed E-state index contributed by atoms with van der Waals surface area (Å²) in [5, 5.41) is 0.524. The average molecular weight is 307 g/mol. The second-order valence-electron chi connectivity index (χ2n) is 4.37. The van der Waals surface area contributed by atoms with Crippen molar-refractivity contribution in [3.05, 3.63) is 58.6 Å². The Hall–Kier alpha value is -1.45. The van der Waals surface area contributed by atoms with Crippen molar-refractivity contribution in [2.45, 2.75) is 11.8 Å². The van der Waals surface area contributed by atoms with E-state index >= 15 is 0 Å². The van der Waals surface area contributed by atoms with E-state index in [2.05, 4.69) is 0 Å². The van der Waals surface area contributed by atoms with Crippen LogP contribution in [0.2, 0.25) is 5.02 Å². The Kier molecular flexibility index (Phi) is 5.10. The number of halogens is 1. The number of Topliss-reactive ketones (excluding diaryl/α,β-unsaturated/α-hetero) is 1. The lowest BCUT2D eigenvalue weighted by Crippen LogP contribution is -2.11. The summed E-state index contributed by atoms with van der Waals surface area (Å²) in [5.41, 5.74) is 1.70. The molecule has 0 heterocycles. The highest BCUT2D eigenvalue weighted by molar-refractivity contribution is 7.98. The highest BCUT2D eigenvalue weighted by atomic mass is 35.5. The molecular formula is C16H15ClO2S. The monoisotopic (exact) mass is 306 g/mol. The summed E-state index contributed by atoms with van der Waals surface area (Å²) >= 11 is 7.70. The molecule has 2 aromatic rings. The summed E-state index contributed by atoms with van der Waals surface area (Å²) < 4.78 is 5.48. The molecule has 2 aromatic carbocycles. The molecule has 0 aliphatic heterocycles. The lowest BCUT2D eigenvalue weighted by molar-refractivity contribution is 0.0921. The van der Waals surface area contributed by atoms with Gasteiger partial charge >= 0.3 is 0 Å². The quantitative estimate of drug-likeness (QED) is 0.595. The van der Waals surface area contributed by atoms with Gasteiger partial charge in [-0.05, 0) is 43.0 Å². The molecule has 0 saturated carbocycles. The highest BCUT2D eigenvalue weighted by Gasteiger charge is 2.08. The minimum Gasteiger partial charge on any atom is -0.484 e. The van der Waals surface area contributed by atoms with E-state index in [0.717, 1.165) is 10.5 Å². The summed E-state index contributed by atoms with van der Waals surface area (Å²) in [5.74, 6) is 0.473. The van der Waals surface area contributed by atoms with E-state index in [4.69, 9.17) is 16.3 Å². The molecule has 0 unspecified atom stereocenters. The smallest absolute Gasteiger partial charge is 0.200 e. The molecule has 0 amide bonds. The number of carbonyl (C=O) groups excluding carboxylic acids is 1. The molecule has 20 heavy (non-hydrogen) atoms. The minimum absolute atomic E-state index is 0.0125. The number of ether oxygens (including phenoxy) is 1. The first kappa shape index (κ1) is 14.9. The van der Waals surface area contributed by atoms with Gasteiger partial charge in [0, 0.05) is 10.5 Å². The summed E-state index contributed by atoms with van der Waals surface area (Å²) in [7, 11) is 0. The largest absolute Gasteiger partial charge is 0.484 e. The van der Waals surface area contributed by atoms with Crippen molar-refractivity contribution in [2.75, 3.05) is 12.9 Å². The summed E-state index contributed by atoms with van der Waals surface area (Å²) in [6.07, 6.45) is 2.00. The van der Waals surface area contributed by atoms with Gasteiger partial charge in [-0.1, -0.05) is 29.8 Å². The third kappa shape index (κ3) is 3.78. The van der Waals surface area contributed by atoms with Gasteiger partial charge in [0.15, 0.2) is 12.4 Å². The van der Waals surface area contributed by atoms with Crippen LogP contribution in [0.3, 0.4) is 0 Å². The van der Waals surface area contributed by atoms with Crippen LogP contribution in [0.5, 0.6) is 5.75 Å². The fourth-order valence-electron chi connectivity index (χ4n) is 1.73. The second kappa shape index (κ2) is 6.82. The van der Waals surface area contributed by atoms with Gasteiger partial charge in [-0.2, -0.15) is 0 Å². The molecule has 2 rings (SSSR count). The minimum atomic E-state index is -0.0608. The zero-order chi connectivity index (χ0) is 14.5. The maximum absolute atomic E-state index is 12.0. The van der Waals surface area contributed by atoms with E-state index in [1.54, 1.807) is 17.8 Å². The maximum Gasteiger partial charge on any atom is 0.200 e. The van der Waals surface area contributed by atoms with E-state index < -0.39 is 0 Å². The molecule has 0 aliphatic carbocycles. The molecule has 0 aromatic heterocycles. The molecule has 0 saturated heterocycles. The van der Waals surface area contributed by atoms with Gasteiger partial charge < -0.3 is 4.74 Å². The van der Waals surface area contributed by atoms with Gasteiger partial charge in [0.2, 0.25) is 0 Å². The summed E-state index contributed by atoms with van der Waals surface area (Å²) in [6.45, 7) is 1.94. The molecule has 104 valence electrons. The van der Waals surface area contributed by atoms with Crippen molar-refractivity contribution in [1.82, 2.24) is 0 Å². The van der Waals surface area contributed by atoms with E-state index in [1.165, 1.54) is 0 Å². The van der Waals surface area contributed by atoms with Crippen LogP contribution < -0.4 is 4.74 Å². The van der Waals surface area contributed by atoms with Crippen molar-refractivity contribution in [3.63, 3.8) is 0 Å². The van der Waals surface area contributed by atoms with Crippen molar-refractivity contribution < 1.29 is 9.53 Å². The van der Waals surface area contributed by atoms with Crippen LogP contribution in [0.25, 0.3) is 0 Å². The number of hydrogen-bond donors (Lipinski definition) is 0. The Morgan fingerprint density at radius 3 is 2.50 bits per heavy atom. The van der Waals surface area contributed by atoms with Crippen molar-refractivity contribution in [3.8, 4) is 5.75 Å². The third-order valence-electron chi connectivity index (χ3n) is 2.86. The molecule has 0 fully saturated rings. The van der Waals surface area contributed by atoms with Gasteiger partial charge in [-0.25, -0.2) is 0 Å². The van der Waals surface area contributed by atoms with Gasteiger partial charge in [-0.15, -0.1) is 11.8 Å². The molecule has 0 spiro atoms. The average Bonchev–Trinajstić information content (AvgIpc) is 2.46. The first-order valence-corrected chi connectivity index (χ1v) is 7.76. The van der Waals surface area contributed by atoms with Crippen LogP contribution in [0.1, 0.15) is 15.9 Å². The van der Waals surface area contributed by atoms with Gasteiger partial charge in [0.25, 0.3) is 0 Å². The van der Waals surface area contributed by atoms with E-state index in [1.807, 2.05) is 49.6 Å². The Bertz CT molecular complexity index is 608. The van der Waals surface area contributed by atoms with Crippen LogP contribution in [0.15, 0.2) is 47.4 Å². The van der Waals surface area contributed by atoms with Crippen molar-refractivity contribution in [1.29, 1.82) is 0 Å².